The SMILES string of the molecule is CCCCCCCCCCCCOC(=O)c1cccc(C(=O)OCCCCCCCCCCCC)n1. The van der Waals surface area contributed by atoms with E-state index in [-0.39, 0.29) is 11.4 Å². The Bertz CT molecular complexity index is 623. The molecule has 0 saturated heterocycles. The van der Waals surface area contributed by atoms with Gasteiger partial charge in [-0.25, -0.2) is 14.6 Å². The van der Waals surface area contributed by atoms with E-state index in [1.54, 1.807) is 18.2 Å². The van der Waals surface area contributed by atoms with Gasteiger partial charge < -0.3 is 9.47 Å². The summed E-state index contributed by atoms with van der Waals surface area (Å²) >= 11 is 0. The summed E-state index contributed by atoms with van der Waals surface area (Å²) in [6.07, 6.45) is 24.7. The molecule has 1 aromatic heterocycles. The van der Waals surface area contributed by atoms with Crippen molar-refractivity contribution in [3.8, 4) is 0 Å². The van der Waals surface area contributed by atoms with E-state index in [0.29, 0.717) is 13.2 Å². The molecule has 0 fully saturated rings. The second kappa shape index (κ2) is 23.5. The van der Waals surface area contributed by atoms with Crippen LogP contribution in [-0.2, 0) is 9.47 Å². The van der Waals surface area contributed by atoms with E-state index >= 15 is 0 Å². The lowest BCUT2D eigenvalue weighted by Gasteiger charge is -2.07. The highest BCUT2D eigenvalue weighted by Gasteiger charge is 2.14. The molecule has 206 valence electrons. The van der Waals surface area contributed by atoms with Gasteiger partial charge in [0.1, 0.15) is 11.4 Å². The Kier molecular flexibility index (Phi) is 21.0. The number of carbonyl (C=O) groups is 2. The predicted octanol–water partition coefficient (Wildman–Crippen LogP) is 9.24. The minimum absolute atomic E-state index is 0.162. The maximum absolute atomic E-state index is 12.3. The third-order valence-electron chi connectivity index (χ3n) is 6.63. The third-order valence-corrected chi connectivity index (χ3v) is 6.63. The van der Waals surface area contributed by atoms with E-state index < -0.39 is 11.9 Å². The summed E-state index contributed by atoms with van der Waals surface area (Å²) in [6.45, 7) is 5.27. The molecule has 5 heteroatoms. The van der Waals surface area contributed by atoms with Gasteiger partial charge in [0, 0.05) is 0 Å². The van der Waals surface area contributed by atoms with E-state index in [2.05, 4.69) is 18.8 Å². The van der Waals surface area contributed by atoms with Crippen LogP contribution in [0.2, 0.25) is 0 Å². The average molecular weight is 504 g/mol. The van der Waals surface area contributed by atoms with Crippen molar-refractivity contribution in [1.82, 2.24) is 4.98 Å². The molecule has 0 saturated carbocycles. The first-order valence-electron chi connectivity index (χ1n) is 15.0. The molecule has 1 heterocycles. The van der Waals surface area contributed by atoms with Gasteiger partial charge in [-0.2, -0.15) is 0 Å². The van der Waals surface area contributed by atoms with Crippen molar-refractivity contribution >= 4 is 11.9 Å². The van der Waals surface area contributed by atoms with Crippen LogP contribution in [0, 0.1) is 0 Å². The molecule has 0 radical (unpaired) electrons. The third kappa shape index (κ3) is 17.5. The number of hydrogen-bond donors (Lipinski definition) is 0. The zero-order valence-electron chi connectivity index (χ0n) is 23.4. The summed E-state index contributed by atoms with van der Waals surface area (Å²) in [5, 5.41) is 0. The molecular formula is C31H53NO4. The topological polar surface area (TPSA) is 65.5 Å². The van der Waals surface area contributed by atoms with Crippen molar-refractivity contribution in [1.29, 1.82) is 0 Å². The average Bonchev–Trinajstić information content (AvgIpc) is 2.90. The van der Waals surface area contributed by atoms with Crippen LogP contribution in [0.25, 0.3) is 0 Å². The number of nitrogens with zero attached hydrogens (tertiary/aromatic N) is 1. The van der Waals surface area contributed by atoms with E-state index in [1.807, 2.05) is 0 Å². The van der Waals surface area contributed by atoms with Gasteiger partial charge in [-0.15, -0.1) is 0 Å². The zero-order chi connectivity index (χ0) is 26.1. The Morgan fingerprint density at radius 1 is 0.528 bits per heavy atom. The molecule has 1 aromatic rings. The molecule has 0 amide bonds. The predicted molar refractivity (Wildman–Crippen MR) is 148 cm³/mol. The summed E-state index contributed by atoms with van der Waals surface area (Å²) in [7, 11) is 0. The van der Waals surface area contributed by atoms with Gasteiger partial charge in [-0.1, -0.05) is 135 Å². The van der Waals surface area contributed by atoms with Gasteiger partial charge in [-0.05, 0) is 25.0 Å². The summed E-state index contributed by atoms with van der Waals surface area (Å²) in [4.78, 5) is 28.8. The van der Waals surface area contributed by atoms with Gasteiger partial charge in [-0.3, -0.25) is 0 Å². The van der Waals surface area contributed by atoms with Gasteiger partial charge in [0.15, 0.2) is 0 Å². The van der Waals surface area contributed by atoms with E-state index in [9.17, 15) is 9.59 Å². The fraction of sp³-hybridized carbons (Fsp3) is 0.774. The number of esters is 2. The normalized spacial score (nSPS) is 10.9. The molecule has 0 aromatic carbocycles. The lowest BCUT2D eigenvalue weighted by atomic mass is 10.1. The lowest BCUT2D eigenvalue weighted by molar-refractivity contribution is 0.0482. The summed E-state index contributed by atoms with van der Waals surface area (Å²) < 4.78 is 10.7. The quantitative estimate of drug-likeness (QED) is 0.104. The largest absolute Gasteiger partial charge is 0.461 e. The maximum Gasteiger partial charge on any atom is 0.356 e. The molecule has 5 nitrogen and oxygen atoms in total. The summed E-state index contributed by atoms with van der Waals surface area (Å²) in [5.74, 6) is -0.953. The molecule has 1 rings (SSSR count). The van der Waals surface area contributed by atoms with E-state index in [0.717, 1.165) is 25.7 Å². The Morgan fingerprint density at radius 3 is 1.17 bits per heavy atom. The molecule has 0 atom stereocenters. The monoisotopic (exact) mass is 503 g/mol. The van der Waals surface area contributed by atoms with Gasteiger partial charge in [0.25, 0.3) is 0 Å². The molecule has 0 bridgehead atoms. The Morgan fingerprint density at radius 2 is 0.833 bits per heavy atom. The van der Waals surface area contributed by atoms with Crippen LogP contribution < -0.4 is 0 Å². The first kappa shape index (κ1) is 32.1. The van der Waals surface area contributed by atoms with Crippen LogP contribution in [0.3, 0.4) is 0 Å². The minimum Gasteiger partial charge on any atom is -0.461 e. The van der Waals surface area contributed by atoms with Crippen molar-refractivity contribution in [2.45, 2.75) is 142 Å². The molecule has 0 aliphatic rings. The van der Waals surface area contributed by atoms with Crippen LogP contribution in [-0.4, -0.2) is 30.1 Å². The van der Waals surface area contributed by atoms with Crippen LogP contribution in [0.4, 0.5) is 0 Å². The van der Waals surface area contributed by atoms with Crippen molar-refractivity contribution in [3.63, 3.8) is 0 Å². The Hall–Kier alpha value is -1.91. The number of carbonyl (C=O) groups excluding carboxylic acids is 2. The molecule has 0 spiro atoms. The number of pyridine rings is 1. The number of rotatable bonds is 24. The molecular weight excluding hydrogens is 450 g/mol. The molecule has 36 heavy (non-hydrogen) atoms. The summed E-state index contributed by atoms with van der Waals surface area (Å²) in [5.41, 5.74) is 0.325. The highest BCUT2D eigenvalue weighted by Crippen LogP contribution is 2.12. The molecule has 0 unspecified atom stereocenters. The van der Waals surface area contributed by atoms with E-state index in [4.69, 9.17) is 9.47 Å². The van der Waals surface area contributed by atoms with Crippen LogP contribution >= 0.6 is 0 Å². The first-order chi connectivity index (χ1) is 17.7. The Balaban J connectivity index is 2.10. The smallest absolute Gasteiger partial charge is 0.356 e. The second-order valence-electron chi connectivity index (χ2n) is 10.0. The van der Waals surface area contributed by atoms with Gasteiger partial charge in [0.2, 0.25) is 0 Å². The molecule has 0 N–H and O–H groups in total. The Labute approximate surface area is 221 Å². The number of aromatic nitrogens is 1. The number of hydrogen-bond acceptors (Lipinski definition) is 5. The number of unbranched alkanes of at least 4 members (excludes halogenated alkanes) is 18. The van der Waals surface area contributed by atoms with Crippen LogP contribution in [0.5, 0.6) is 0 Å². The number of ether oxygens (including phenoxy) is 2. The standard InChI is InChI=1S/C31H53NO4/c1-3-5-7-9-11-13-15-17-19-21-26-35-30(33)28-24-23-25-29(32-28)31(34)36-27-22-20-18-16-14-12-10-8-6-4-2/h23-25H,3-22,26-27H2,1-2H3. The zero-order valence-corrected chi connectivity index (χ0v) is 23.4. The minimum atomic E-state index is -0.477. The van der Waals surface area contributed by atoms with Gasteiger partial charge in [0.05, 0.1) is 13.2 Å². The molecule has 0 aliphatic heterocycles. The van der Waals surface area contributed by atoms with Crippen molar-refractivity contribution < 1.29 is 19.1 Å². The first-order valence-corrected chi connectivity index (χ1v) is 15.0. The van der Waals surface area contributed by atoms with Crippen molar-refractivity contribution in [3.05, 3.63) is 29.6 Å². The van der Waals surface area contributed by atoms with Gasteiger partial charge >= 0.3 is 11.9 Å². The van der Waals surface area contributed by atoms with Crippen LogP contribution in [0.15, 0.2) is 18.2 Å². The van der Waals surface area contributed by atoms with Crippen molar-refractivity contribution in [2.24, 2.45) is 0 Å². The van der Waals surface area contributed by atoms with E-state index in [1.165, 1.54) is 103 Å². The fourth-order valence-corrected chi connectivity index (χ4v) is 4.32. The van der Waals surface area contributed by atoms with Crippen LogP contribution in [0.1, 0.15) is 163 Å². The van der Waals surface area contributed by atoms with Crippen molar-refractivity contribution in [2.75, 3.05) is 13.2 Å². The highest BCUT2D eigenvalue weighted by atomic mass is 16.5. The molecule has 0 aliphatic carbocycles. The fourth-order valence-electron chi connectivity index (χ4n) is 4.32. The maximum atomic E-state index is 12.3. The highest BCUT2D eigenvalue weighted by molar-refractivity contribution is 5.91. The lowest BCUT2D eigenvalue weighted by Crippen LogP contribution is -2.13. The second-order valence-corrected chi connectivity index (χ2v) is 10.0. The summed E-state index contributed by atoms with van der Waals surface area (Å²) in [6, 6.07) is 4.82.